The zero-order valence-corrected chi connectivity index (χ0v) is 41.0. The third kappa shape index (κ3) is 44.2. The summed E-state index contributed by atoms with van der Waals surface area (Å²) < 4.78 is 5.92. The average Bonchev–Trinajstić information content (AvgIpc) is 3.26. The van der Waals surface area contributed by atoms with Crippen LogP contribution in [0.1, 0.15) is 258 Å². The SMILES string of the molecule is CC/C=C/C=C/C=C\CCCCCCCC(=O)OC(CCCCCCC/C=C\C/C=C\CCCCC)CC(=O)NC(CO)C(O)CCCCCCCCCCCCCCCCC. The molecule has 0 saturated carbocycles. The molecule has 3 atom stereocenters. The van der Waals surface area contributed by atoms with Crippen molar-refractivity contribution in [2.75, 3.05) is 6.61 Å². The normalized spacial score (nSPS) is 13.7. The first kappa shape index (κ1) is 59.6. The van der Waals surface area contributed by atoms with Gasteiger partial charge in [-0.2, -0.15) is 0 Å². The molecule has 0 rings (SSSR count). The van der Waals surface area contributed by atoms with Crippen molar-refractivity contribution >= 4 is 11.9 Å². The van der Waals surface area contributed by atoms with E-state index >= 15 is 0 Å². The Morgan fingerprint density at radius 3 is 1.47 bits per heavy atom. The molecule has 0 aromatic rings. The third-order valence-corrected chi connectivity index (χ3v) is 11.9. The van der Waals surface area contributed by atoms with E-state index in [1.807, 2.05) is 0 Å². The van der Waals surface area contributed by atoms with Crippen molar-refractivity contribution in [2.24, 2.45) is 0 Å². The number of carbonyl (C=O) groups is 2. The number of aliphatic hydroxyl groups excluding tert-OH is 2. The fraction of sp³-hybridized carbons (Fsp3) is 0.786. The van der Waals surface area contributed by atoms with E-state index in [4.69, 9.17) is 4.74 Å². The Bertz CT molecular complexity index is 1110. The van der Waals surface area contributed by atoms with Crippen LogP contribution in [0.5, 0.6) is 0 Å². The largest absolute Gasteiger partial charge is 0.462 e. The van der Waals surface area contributed by atoms with Crippen LogP contribution in [0, 0.1) is 0 Å². The van der Waals surface area contributed by atoms with Crippen LogP contribution in [0.3, 0.4) is 0 Å². The van der Waals surface area contributed by atoms with E-state index in [0.29, 0.717) is 19.3 Å². The molecule has 0 saturated heterocycles. The molecule has 3 N–H and O–H groups in total. The van der Waals surface area contributed by atoms with Gasteiger partial charge in [0.2, 0.25) is 5.91 Å². The third-order valence-electron chi connectivity index (χ3n) is 11.9. The number of rotatable bonds is 47. The Morgan fingerprint density at radius 2 is 0.935 bits per heavy atom. The predicted octanol–water partition coefficient (Wildman–Crippen LogP) is 16.0. The van der Waals surface area contributed by atoms with Gasteiger partial charge in [-0.3, -0.25) is 9.59 Å². The molecule has 0 fully saturated rings. The number of aliphatic hydroxyl groups is 2. The molecule has 0 aliphatic heterocycles. The van der Waals surface area contributed by atoms with E-state index in [9.17, 15) is 19.8 Å². The highest BCUT2D eigenvalue weighted by Crippen LogP contribution is 2.18. The summed E-state index contributed by atoms with van der Waals surface area (Å²) in [5.74, 6) is -0.508. The fourth-order valence-corrected chi connectivity index (χ4v) is 7.87. The molecule has 0 aromatic heterocycles. The maximum Gasteiger partial charge on any atom is 0.306 e. The Labute approximate surface area is 384 Å². The van der Waals surface area contributed by atoms with Crippen molar-refractivity contribution in [3.05, 3.63) is 60.8 Å². The lowest BCUT2D eigenvalue weighted by Crippen LogP contribution is -2.46. The summed E-state index contributed by atoms with van der Waals surface area (Å²) in [5, 5.41) is 23.8. The fourth-order valence-electron chi connectivity index (χ4n) is 7.87. The molecule has 1 amide bonds. The van der Waals surface area contributed by atoms with Crippen molar-refractivity contribution in [2.45, 2.75) is 277 Å². The molecule has 3 unspecified atom stereocenters. The number of unbranched alkanes of at least 4 members (excludes halogenated alkanes) is 27. The second kappa shape index (κ2) is 49.6. The van der Waals surface area contributed by atoms with Gasteiger partial charge >= 0.3 is 5.97 Å². The second-order valence-corrected chi connectivity index (χ2v) is 18.0. The van der Waals surface area contributed by atoms with Crippen molar-refractivity contribution in [1.29, 1.82) is 0 Å². The van der Waals surface area contributed by atoms with Crippen LogP contribution in [0.4, 0.5) is 0 Å². The zero-order chi connectivity index (χ0) is 45.2. The lowest BCUT2D eigenvalue weighted by Gasteiger charge is -2.24. The smallest absolute Gasteiger partial charge is 0.306 e. The monoisotopic (exact) mass is 868 g/mol. The number of esters is 1. The van der Waals surface area contributed by atoms with Crippen molar-refractivity contribution < 1.29 is 24.5 Å². The standard InChI is InChI=1S/C56H101NO5/c1-4-7-10-13-16-19-22-25-27-30-32-35-38-41-44-47-52(62-56(61)49-46-43-40-37-34-29-24-21-18-15-12-9-6-3)50-55(60)57-53(51-58)54(59)48-45-42-39-36-33-31-28-26-23-20-17-14-11-8-5-2/h9,12,15-16,18-19,21,24-25,27,52-54,58-59H,4-8,10-11,13-14,17,20,22-23,26,28-51H2,1-3H3,(H,57,60)/b12-9+,18-15+,19-16-,24-21-,27-25-. The highest BCUT2D eigenvalue weighted by Gasteiger charge is 2.24. The van der Waals surface area contributed by atoms with Gasteiger partial charge in [-0.15, -0.1) is 0 Å². The molecule has 6 heteroatoms. The first-order chi connectivity index (χ1) is 30.5. The maximum absolute atomic E-state index is 13.2. The number of allylic oxidation sites excluding steroid dienone is 10. The van der Waals surface area contributed by atoms with Gasteiger partial charge in [0, 0.05) is 6.42 Å². The molecular formula is C56H101NO5. The van der Waals surface area contributed by atoms with Crippen LogP contribution in [-0.2, 0) is 14.3 Å². The maximum atomic E-state index is 13.2. The van der Waals surface area contributed by atoms with Gasteiger partial charge in [-0.25, -0.2) is 0 Å². The Morgan fingerprint density at radius 1 is 0.500 bits per heavy atom. The summed E-state index contributed by atoms with van der Waals surface area (Å²) >= 11 is 0. The van der Waals surface area contributed by atoms with Crippen LogP contribution in [0.2, 0.25) is 0 Å². The van der Waals surface area contributed by atoms with E-state index in [1.165, 1.54) is 116 Å². The zero-order valence-electron chi connectivity index (χ0n) is 41.0. The molecule has 0 aromatic carbocycles. The lowest BCUT2D eigenvalue weighted by atomic mass is 10.0. The van der Waals surface area contributed by atoms with E-state index in [2.05, 4.69) is 86.8 Å². The molecule has 0 bridgehead atoms. The predicted molar refractivity (Wildman–Crippen MR) is 268 cm³/mol. The van der Waals surface area contributed by atoms with Crippen molar-refractivity contribution in [1.82, 2.24) is 5.32 Å². The quantitative estimate of drug-likeness (QED) is 0.0245. The van der Waals surface area contributed by atoms with Gasteiger partial charge < -0.3 is 20.3 Å². The number of amides is 1. The first-order valence-electron chi connectivity index (χ1n) is 26.5. The lowest BCUT2D eigenvalue weighted by molar-refractivity contribution is -0.151. The summed E-state index contributed by atoms with van der Waals surface area (Å²) in [6, 6.07) is -0.712. The Kier molecular flexibility index (Phi) is 47.6. The number of nitrogens with one attached hydrogen (secondary N) is 1. The van der Waals surface area contributed by atoms with Crippen LogP contribution >= 0.6 is 0 Å². The minimum absolute atomic E-state index is 0.0589. The topological polar surface area (TPSA) is 95.9 Å². The van der Waals surface area contributed by atoms with Gasteiger partial charge in [0.15, 0.2) is 0 Å². The molecule has 0 aliphatic carbocycles. The number of carbonyl (C=O) groups excluding carboxylic acids is 2. The summed E-state index contributed by atoms with van der Waals surface area (Å²) in [7, 11) is 0. The summed E-state index contributed by atoms with van der Waals surface area (Å²) in [4.78, 5) is 26.2. The van der Waals surface area contributed by atoms with Gasteiger partial charge in [0.1, 0.15) is 6.10 Å². The average molecular weight is 868 g/mol. The van der Waals surface area contributed by atoms with E-state index < -0.39 is 18.2 Å². The summed E-state index contributed by atoms with van der Waals surface area (Å²) in [6.45, 7) is 6.33. The molecule has 0 radical (unpaired) electrons. The molecule has 0 heterocycles. The van der Waals surface area contributed by atoms with E-state index in [-0.39, 0.29) is 24.9 Å². The van der Waals surface area contributed by atoms with Gasteiger partial charge in [0.05, 0.1) is 25.2 Å². The van der Waals surface area contributed by atoms with Gasteiger partial charge in [0.25, 0.3) is 0 Å². The van der Waals surface area contributed by atoms with Crippen LogP contribution in [0.15, 0.2) is 60.8 Å². The Hall–Kier alpha value is -2.44. The van der Waals surface area contributed by atoms with Crippen LogP contribution in [-0.4, -0.2) is 46.9 Å². The molecular weight excluding hydrogens is 767 g/mol. The summed E-state index contributed by atoms with van der Waals surface area (Å²) in [6.07, 6.45) is 61.3. The summed E-state index contributed by atoms with van der Waals surface area (Å²) in [5.41, 5.74) is 0. The molecule has 0 spiro atoms. The highest BCUT2D eigenvalue weighted by atomic mass is 16.5. The van der Waals surface area contributed by atoms with Crippen LogP contribution in [0.25, 0.3) is 0 Å². The van der Waals surface area contributed by atoms with E-state index in [0.717, 1.165) is 96.3 Å². The number of hydrogen-bond acceptors (Lipinski definition) is 5. The highest BCUT2D eigenvalue weighted by molar-refractivity contribution is 5.77. The number of hydrogen-bond donors (Lipinski definition) is 3. The van der Waals surface area contributed by atoms with Crippen molar-refractivity contribution in [3.63, 3.8) is 0 Å². The molecule has 0 aliphatic rings. The minimum atomic E-state index is -0.797. The second-order valence-electron chi connectivity index (χ2n) is 18.0. The Balaban J connectivity index is 4.61. The first-order valence-corrected chi connectivity index (χ1v) is 26.5. The van der Waals surface area contributed by atoms with E-state index in [1.54, 1.807) is 0 Å². The molecule has 62 heavy (non-hydrogen) atoms. The molecule has 6 nitrogen and oxygen atoms in total. The van der Waals surface area contributed by atoms with Crippen molar-refractivity contribution in [3.8, 4) is 0 Å². The van der Waals surface area contributed by atoms with Gasteiger partial charge in [-0.05, 0) is 77.0 Å². The van der Waals surface area contributed by atoms with Gasteiger partial charge in [-0.1, -0.05) is 229 Å². The van der Waals surface area contributed by atoms with Crippen LogP contribution < -0.4 is 5.32 Å². The minimum Gasteiger partial charge on any atom is -0.462 e. The number of ether oxygens (including phenoxy) is 1. The molecule has 360 valence electrons.